The van der Waals surface area contributed by atoms with Crippen molar-refractivity contribution in [1.82, 2.24) is 5.43 Å². The first-order valence-corrected chi connectivity index (χ1v) is 7.08. The SMILES string of the molecule is CC(C)(C)c1cc(NC(=O)C(=O)NN)cc(C(C)(C)C)c1O. The number of carbonyl (C=O) groups is 2. The van der Waals surface area contributed by atoms with Crippen LogP contribution in [0.25, 0.3) is 0 Å². The van der Waals surface area contributed by atoms with Gasteiger partial charge in [0.2, 0.25) is 0 Å². The molecule has 22 heavy (non-hydrogen) atoms. The predicted molar refractivity (Wildman–Crippen MR) is 86.5 cm³/mol. The number of carbonyl (C=O) groups excluding carboxylic acids is 2. The van der Waals surface area contributed by atoms with Crippen LogP contribution >= 0.6 is 0 Å². The molecule has 1 rings (SSSR count). The zero-order valence-electron chi connectivity index (χ0n) is 14.0. The minimum Gasteiger partial charge on any atom is -0.507 e. The first-order valence-electron chi connectivity index (χ1n) is 7.08. The van der Waals surface area contributed by atoms with E-state index in [1.54, 1.807) is 17.6 Å². The molecule has 0 aliphatic carbocycles. The van der Waals surface area contributed by atoms with Gasteiger partial charge in [-0.15, -0.1) is 0 Å². The Balaban J connectivity index is 3.42. The van der Waals surface area contributed by atoms with Crippen LogP contribution in [0.2, 0.25) is 0 Å². The molecule has 0 fully saturated rings. The molecule has 0 spiro atoms. The summed E-state index contributed by atoms with van der Waals surface area (Å²) in [5.41, 5.74) is 2.99. The number of hydrogen-bond donors (Lipinski definition) is 4. The lowest BCUT2D eigenvalue weighted by Crippen LogP contribution is -2.39. The van der Waals surface area contributed by atoms with E-state index in [1.807, 2.05) is 41.5 Å². The summed E-state index contributed by atoms with van der Waals surface area (Å²) in [6.07, 6.45) is 0. The molecule has 6 nitrogen and oxygen atoms in total. The zero-order chi connectivity index (χ0) is 17.3. The third kappa shape index (κ3) is 3.98. The monoisotopic (exact) mass is 307 g/mol. The smallest absolute Gasteiger partial charge is 0.323 e. The molecule has 0 unspecified atom stereocenters. The molecule has 0 aromatic heterocycles. The van der Waals surface area contributed by atoms with Gasteiger partial charge >= 0.3 is 11.8 Å². The van der Waals surface area contributed by atoms with Crippen LogP contribution in [0.15, 0.2) is 12.1 Å². The van der Waals surface area contributed by atoms with E-state index in [1.165, 1.54) is 0 Å². The highest BCUT2D eigenvalue weighted by molar-refractivity contribution is 6.39. The van der Waals surface area contributed by atoms with E-state index in [0.29, 0.717) is 16.8 Å². The molecule has 6 heteroatoms. The second kappa shape index (κ2) is 5.96. The molecule has 1 aromatic rings. The Labute approximate surface area is 131 Å². The van der Waals surface area contributed by atoms with Crippen molar-refractivity contribution in [1.29, 1.82) is 0 Å². The molecule has 0 bridgehead atoms. The largest absolute Gasteiger partial charge is 0.507 e. The second-order valence-electron chi connectivity index (χ2n) is 7.35. The second-order valence-corrected chi connectivity index (χ2v) is 7.35. The predicted octanol–water partition coefficient (Wildman–Crippen LogP) is 1.92. The van der Waals surface area contributed by atoms with E-state index >= 15 is 0 Å². The number of nitrogens with one attached hydrogen (secondary N) is 2. The fourth-order valence-electron chi connectivity index (χ4n) is 2.10. The Kier molecular flexibility index (Phi) is 4.87. The lowest BCUT2D eigenvalue weighted by Gasteiger charge is -2.28. The number of anilines is 1. The summed E-state index contributed by atoms with van der Waals surface area (Å²) in [7, 11) is 0. The highest BCUT2D eigenvalue weighted by Gasteiger charge is 2.27. The first kappa shape index (κ1) is 18.0. The lowest BCUT2D eigenvalue weighted by molar-refractivity contribution is -0.136. The van der Waals surface area contributed by atoms with E-state index in [9.17, 15) is 14.7 Å². The highest BCUT2D eigenvalue weighted by Crippen LogP contribution is 2.40. The molecule has 0 atom stereocenters. The summed E-state index contributed by atoms with van der Waals surface area (Å²) in [4.78, 5) is 22.9. The minimum atomic E-state index is -0.928. The fraction of sp³-hybridized carbons (Fsp3) is 0.500. The molecule has 0 heterocycles. The lowest BCUT2D eigenvalue weighted by atomic mass is 9.79. The molecular weight excluding hydrogens is 282 g/mol. The number of hydrazine groups is 1. The highest BCUT2D eigenvalue weighted by atomic mass is 16.3. The van der Waals surface area contributed by atoms with Crippen molar-refractivity contribution in [2.24, 2.45) is 5.84 Å². The first-order chi connectivity index (χ1) is 9.87. The molecular formula is C16H25N3O3. The van der Waals surface area contributed by atoms with Crippen molar-refractivity contribution in [3.63, 3.8) is 0 Å². The average Bonchev–Trinajstić information content (AvgIpc) is 2.36. The van der Waals surface area contributed by atoms with Gasteiger partial charge in [-0.3, -0.25) is 15.0 Å². The Morgan fingerprint density at radius 1 is 0.955 bits per heavy atom. The summed E-state index contributed by atoms with van der Waals surface area (Å²) in [5, 5.41) is 13.1. The van der Waals surface area contributed by atoms with Crippen LogP contribution in [-0.2, 0) is 20.4 Å². The van der Waals surface area contributed by atoms with Crippen molar-refractivity contribution in [2.45, 2.75) is 52.4 Å². The molecule has 0 saturated heterocycles. The van der Waals surface area contributed by atoms with Crippen LogP contribution in [0.3, 0.4) is 0 Å². The summed E-state index contributed by atoms with van der Waals surface area (Å²) in [5.74, 6) is 3.38. The number of aromatic hydroxyl groups is 1. The fourth-order valence-corrected chi connectivity index (χ4v) is 2.10. The van der Waals surface area contributed by atoms with Gasteiger partial charge in [-0.05, 0) is 23.0 Å². The van der Waals surface area contributed by atoms with Gasteiger partial charge in [0.05, 0.1) is 0 Å². The van der Waals surface area contributed by atoms with E-state index in [0.717, 1.165) is 0 Å². The molecule has 1 aromatic carbocycles. The van der Waals surface area contributed by atoms with Gasteiger partial charge in [-0.25, -0.2) is 5.84 Å². The van der Waals surface area contributed by atoms with Crippen LogP contribution in [0, 0.1) is 0 Å². The van der Waals surface area contributed by atoms with E-state index < -0.39 is 11.8 Å². The Morgan fingerprint density at radius 2 is 1.36 bits per heavy atom. The van der Waals surface area contributed by atoms with Crippen molar-refractivity contribution in [2.75, 3.05) is 5.32 Å². The Bertz CT molecular complexity index is 561. The summed E-state index contributed by atoms with van der Waals surface area (Å²) >= 11 is 0. The van der Waals surface area contributed by atoms with Gasteiger partial charge in [-0.1, -0.05) is 41.5 Å². The standard InChI is InChI=1S/C16H25N3O3/c1-15(2,3)10-7-9(18-13(21)14(22)19-17)8-11(12(10)20)16(4,5)6/h7-8,20H,17H2,1-6H3,(H,18,21)(H,19,22). The van der Waals surface area contributed by atoms with E-state index in [4.69, 9.17) is 5.84 Å². The summed E-state index contributed by atoms with van der Waals surface area (Å²) in [6, 6.07) is 3.35. The van der Waals surface area contributed by atoms with Gasteiger partial charge in [0, 0.05) is 16.8 Å². The summed E-state index contributed by atoms with van der Waals surface area (Å²) < 4.78 is 0. The number of phenols is 1. The van der Waals surface area contributed by atoms with Crippen LogP contribution < -0.4 is 16.6 Å². The van der Waals surface area contributed by atoms with Gasteiger partial charge in [0.25, 0.3) is 0 Å². The van der Waals surface area contributed by atoms with Crippen molar-refractivity contribution >= 4 is 17.5 Å². The molecule has 122 valence electrons. The van der Waals surface area contributed by atoms with Gasteiger partial charge in [0.15, 0.2) is 0 Å². The maximum atomic E-state index is 11.7. The third-order valence-corrected chi connectivity index (χ3v) is 3.32. The molecule has 2 amide bonds. The van der Waals surface area contributed by atoms with Crippen LogP contribution in [0.1, 0.15) is 52.7 Å². The van der Waals surface area contributed by atoms with Crippen molar-refractivity contribution in [3.8, 4) is 5.75 Å². The number of nitrogens with two attached hydrogens (primary N) is 1. The summed E-state index contributed by atoms with van der Waals surface area (Å²) in [6.45, 7) is 11.8. The van der Waals surface area contributed by atoms with Gasteiger partial charge in [0.1, 0.15) is 5.75 Å². The number of hydrogen-bond acceptors (Lipinski definition) is 4. The maximum Gasteiger partial charge on any atom is 0.323 e. The third-order valence-electron chi connectivity index (χ3n) is 3.32. The van der Waals surface area contributed by atoms with E-state index in [-0.39, 0.29) is 16.6 Å². The molecule has 0 aliphatic heterocycles. The van der Waals surface area contributed by atoms with Crippen LogP contribution in [0.5, 0.6) is 5.75 Å². The van der Waals surface area contributed by atoms with E-state index in [2.05, 4.69) is 5.32 Å². The van der Waals surface area contributed by atoms with Crippen LogP contribution in [0.4, 0.5) is 5.69 Å². The number of benzene rings is 1. The number of rotatable bonds is 1. The Morgan fingerprint density at radius 3 is 1.68 bits per heavy atom. The zero-order valence-corrected chi connectivity index (χ0v) is 14.0. The maximum absolute atomic E-state index is 11.7. The van der Waals surface area contributed by atoms with Gasteiger partial charge < -0.3 is 10.4 Å². The Hall–Kier alpha value is -2.08. The quantitative estimate of drug-likeness (QED) is 0.209. The van der Waals surface area contributed by atoms with Gasteiger partial charge in [-0.2, -0.15) is 0 Å². The molecule has 0 aliphatic rings. The normalized spacial score (nSPS) is 12.0. The number of phenolic OH excluding ortho intramolecular Hbond substituents is 1. The molecule has 0 saturated carbocycles. The number of amides is 2. The van der Waals surface area contributed by atoms with Crippen LogP contribution in [-0.4, -0.2) is 16.9 Å². The minimum absolute atomic E-state index is 0.210. The van der Waals surface area contributed by atoms with Crippen molar-refractivity contribution in [3.05, 3.63) is 23.3 Å². The topological polar surface area (TPSA) is 104 Å². The average molecular weight is 307 g/mol. The van der Waals surface area contributed by atoms with Crippen molar-refractivity contribution < 1.29 is 14.7 Å². The molecule has 5 N–H and O–H groups in total. The molecule has 0 radical (unpaired) electrons.